The van der Waals surface area contributed by atoms with Crippen molar-refractivity contribution in [3.8, 4) is 0 Å². The molecule has 1 aliphatic heterocycles. The summed E-state index contributed by atoms with van der Waals surface area (Å²) in [4.78, 5) is 0. The molecule has 0 amide bonds. The van der Waals surface area contributed by atoms with E-state index < -0.39 is 0 Å². The SMILES string of the molecule is Nc1ccc(C2CCNc3c(Br)cnn32)cc1. The molecule has 1 unspecified atom stereocenters. The fraction of sp³-hybridized carbons (Fsp3) is 0.250. The first kappa shape index (κ1) is 10.7. The summed E-state index contributed by atoms with van der Waals surface area (Å²) in [5.74, 6) is 1.05. The lowest BCUT2D eigenvalue weighted by atomic mass is 10.0. The quantitative estimate of drug-likeness (QED) is 0.795. The first-order chi connectivity index (χ1) is 8.25. The summed E-state index contributed by atoms with van der Waals surface area (Å²) in [6.07, 6.45) is 2.86. The molecular weight excluding hydrogens is 280 g/mol. The van der Waals surface area contributed by atoms with E-state index in [1.54, 1.807) is 0 Å². The van der Waals surface area contributed by atoms with E-state index in [4.69, 9.17) is 5.73 Å². The van der Waals surface area contributed by atoms with Crippen LogP contribution in [-0.4, -0.2) is 16.3 Å². The molecule has 3 rings (SSSR count). The van der Waals surface area contributed by atoms with Gasteiger partial charge in [-0.05, 0) is 40.0 Å². The Bertz CT molecular complexity index is 532. The summed E-state index contributed by atoms with van der Waals surface area (Å²) >= 11 is 3.50. The zero-order valence-electron chi connectivity index (χ0n) is 9.23. The second kappa shape index (κ2) is 4.07. The normalized spacial score (nSPS) is 18.5. The molecule has 2 heterocycles. The van der Waals surface area contributed by atoms with E-state index in [0.29, 0.717) is 0 Å². The number of benzene rings is 1. The Hall–Kier alpha value is -1.49. The van der Waals surface area contributed by atoms with E-state index in [0.717, 1.165) is 28.9 Å². The van der Waals surface area contributed by atoms with E-state index in [1.165, 1.54) is 5.56 Å². The van der Waals surface area contributed by atoms with Crippen molar-refractivity contribution >= 4 is 27.4 Å². The van der Waals surface area contributed by atoms with Gasteiger partial charge in [-0.3, -0.25) is 0 Å². The third kappa shape index (κ3) is 1.80. The molecule has 0 saturated carbocycles. The Morgan fingerprint density at radius 2 is 2.12 bits per heavy atom. The van der Waals surface area contributed by atoms with Gasteiger partial charge in [0.2, 0.25) is 0 Å². The van der Waals surface area contributed by atoms with E-state index in [9.17, 15) is 0 Å². The molecule has 1 atom stereocenters. The Balaban J connectivity index is 2.02. The average molecular weight is 293 g/mol. The number of nitrogens with one attached hydrogen (secondary N) is 1. The van der Waals surface area contributed by atoms with Crippen LogP contribution in [0.1, 0.15) is 18.0 Å². The molecule has 0 aliphatic carbocycles. The topological polar surface area (TPSA) is 55.9 Å². The minimum atomic E-state index is 0.290. The van der Waals surface area contributed by atoms with Gasteiger partial charge in [-0.1, -0.05) is 12.1 Å². The number of hydrogen-bond acceptors (Lipinski definition) is 3. The van der Waals surface area contributed by atoms with Gasteiger partial charge < -0.3 is 11.1 Å². The van der Waals surface area contributed by atoms with Crippen LogP contribution in [0, 0.1) is 0 Å². The number of nitrogens with two attached hydrogens (primary N) is 1. The maximum Gasteiger partial charge on any atom is 0.139 e. The molecule has 17 heavy (non-hydrogen) atoms. The smallest absolute Gasteiger partial charge is 0.139 e. The van der Waals surface area contributed by atoms with E-state index in [-0.39, 0.29) is 6.04 Å². The number of rotatable bonds is 1. The van der Waals surface area contributed by atoms with Crippen molar-refractivity contribution in [2.24, 2.45) is 0 Å². The maximum absolute atomic E-state index is 5.71. The van der Waals surface area contributed by atoms with Crippen molar-refractivity contribution < 1.29 is 0 Å². The van der Waals surface area contributed by atoms with Crippen molar-refractivity contribution in [2.75, 3.05) is 17.6 Å². The molecule has 0 spiro atoms. The molecular formula is C12H13BrN4. The Labute approximate surface area is 108 Å². The van der Waals surface area contributed by atoms with Crippen LogP contribution in [0.2, 0.25) is 0 Å². The van der Waals surface area contributed by atoms with Crippen LogP contribution in [0.25, 0.3) is 0 Å². The van der Waals surface area contributed by atoms with Gasteiger partial charge in [0.1, 0.15) is 5.82 Å². The lowest BCUT2D eigenvalue weighted by Gasteiger charge is -2.26. The standard InChI is InChI=1S/C12H13BrN4/c13-10-7-16-17-11(5-6-15-12(10)17)8-1-3-9(14)4-2-8/h1-4,7,11,15H,5-6,14H2. The molecule has 0 radical (unpaired) electrons. The monoisotopic (exact) mass is 292 g/mol. The van der Waals surface area contributed by atoms with Crippen molar-refractivity contribution in [3.63, 3.8) is 0 Å². The highest BCUT2D eigenvalue weighted by molar-refractivity contribution is 9.10. The van der Waals surface area contributed by atoms with Crippen LogP contribution in [0.4, 0.5) is 11.5 Å². The van der Waals surface area contributed by atoms with Crippen LogP contribution in [0.15, 0.2) is 34.9 Å². The molecule has 1 aliphatic rings. The zero-order valence-corrected chi connectivity index (χ0v) is 10.8. The van der Waals surface area contributed by atoms with Crippen LogP contribution >= 0.6 is 15.9 Å². The molecule has 0 bridgehead atoms. The summed E-state index contributed by atoms with van der Waals surface area (Å²) in [5, 5.41) is 7.76. The van der Waals surface area contributed by atoms with Gasteiger partial charge in [0, 0.05) is 12.2 Å². The molecule has 4 nitrogen and oxygen atoms in total. The second-order valence-corrected chi connectivity index (χ2v) is 5.04. The fourth-order valence-electron chi connectivity index (χ4n) is 2.22. The molecule has 1 aromatic heterocycles. The number of halogens is 1. The summed E-state index contributed by atoms with van der Waals surface area (Å²) < 4.78 is 3.04. The highest BCUT2D eigenvalue weighted by Gasteiger charge is 2.23. The van der Waals surface area contributed by atoms with Gasteiger partial charge >= 0.3 is 0 Å². The minimum Gasteiger partial charge on any atom is -0.399 e. The Morgan fingerprint density at radius 1 is 1.35 bits per heavy atom. The summed E-state index contributed by atoms with van der Waals surface area (Å²) in [6, 6.07) is 8.32. The van der Waals surface area contributed by atoms with Crippen LogP contribution in [0.3, 0.4) is 0 Å². The van der Waals surface area contributed by atoms with E-state index in [2.05, 4.69) is 38.5 Å². The molecule has 0 fully saturated rings. The Morgan fingerprint density at radius 3 is 2.88 bits per heavy atom. The second-order valence-electron chi connectivity index (χ2n) is 4.18. The fourth-order valence-corrected chi connectivity index (χ4v) is 2.63. The zero-order chi connectivity index (χ0) is 11.8. The lowest BCUT2D eigenvalue weighted by Crippen LogP contribution is -2.24. The Kier molecular flexibility index (Phi) is 2.55. The number of nitrogen functional groups attached to an aromatic ring is 1. The summed E-state index contributed by atoms with van der Waals surface area (Å²) in [6.45, 7) is 0.958. The largest absolute Gasteiger partial charge is 0.399 e. The number of hydrogen-bond donors (Lipinski definition) is 2. The molecule has 1 aromatic carbocycles. The van der Waals surface area contributed by atoms with Crippen molar-refractivity contribution in [2.45, 2.75) is 12.5 Å². The van der Waals surface area contributed by atoms with Crippen molar-refractivity contribution in [1.82, 2.24) is 9.78 Å². The first-order valence-corrected chi connectivity index (χ1v) is 6.37. The number of anilines is 2. The lowest BCUT2D eigenvalue weighted by molar-refractivity contribution is 0.482. The molecule has 0 saturated heterocycles. The predicted octanol–water partition coefficient (Wildman–Crippen LogP) is 2.63. The number of fused-ring (bicyclic) bond motifs is 1. The van der Waals surface area contributed by atoms with Gasteiger partial charge in [0.25, 0.3) is 0 Å². The van der Waals surface area contributed by atoms with Crippen LogP contribution in [-0.2, 0) is 0 Å². The number of aromatic nitrogens is 2. The highest BCUT2D eigenvalue weighted by Crippen LogP contribution is 2.33. The number of nitrogens with zero attached hydrogens (tertiary/aromatic N) is 2. The van der Waals surface area contributed by atoms with Crippen LogP contribution in [0.5, 0.6) is 0 Å². The van der Waals surface area contributed by atoms with Crippen molar-refractivity contribution in [1.29, 1.82) is 0 Å². The summed E-state index contributed by atoms with van der Waals surface area (Å²) in [5.41, 5.74) is 7.76. The average Bonchev–Trinajstić information content (AvgIpc) is 2.73. The third-order valence-corrected chi connectivity index (χ3v) is 3.66. The van der Waals surface area contributed by atoms with Gasteiger partial charge in [0.15, 0.2) is 0 Å². The molecule has 88 valence electrons. The first-order valence-electron chi connectivity index (χ1n) is 5.58. The van der Waals surface area contributed by atoms with E-state index >= 15 is 0 Å². The predicted molar refractivity (Wildman–Crippen MR) is 72.0 cm³/mol. The van der Waals surface area contributed by atoms with Gasteiger partial charge in [-0.15, -0.1) is 0 Å². The van der Waals surface area contributed by atoms with E-state index in [1.807, 2.05) is 23.0 Å². The van der Waals surface area contributed by atoms with Gasteiger partial charge in [0.05, 0.1) is 16.7 Å². The molecule has 3 N–H and O–H groups in total. The molecule has 5 heteroatoms. The van der Waals surface area contributed by atoms with Gasteiger partial charge in [-0.2, -0.15) is 5.10 Å². The highest BCUT2D eigenvalue weighted by atomic mass is 79.9. The van der Waals surface area contributed by atoms with Gasteiger partial charge in [-0.25, -0.2) is 4.68 Å². The minimum absolute atomic E-state index is 0.290. The molecule has 2 aromatic rings. The third-order valence-electron chi connectivity index (χ3n) is 3.08. The maximum atomic E-state index is 5.71. The summed E-state index contributed by atoms with van der Waals surface area (Å²) in [7, 11) is 0. The van der Waals surface area contributed by atoms with Crippen molar-refractivity contribution in [3.05, 3.63) is 40.5 Å². The van der Waals surface area contributed by atoms with Crippen LogP contribution < -0.4 is 11.1 Å².